The van der Waals surface area contributed by atoms with Crippen LogP contribution in [-0.4, -0.2) is 13.1 Å². The molecule has 2 saturated carbocycles. The molecule has 1 atom stereocenters. The lowest BCUT2D eigenvalue weighted by molar-refractivity contribution is 0.210. The Kier molecular flexibility index (Phi) is 6.01. The first-order valence-electron chi connectivity index (χ1n) is 8.50. The van der Waals surface area contributed by atoms with Gasteiger partial charge >= 0.3 is 0 Å². The van der Waals surface area contributed by atoms with E-state index in [4.69, 9.17) is 0 Å². The second-order valence-corrected chi connectivity index (χ2v) is 6.81. The number of nitrogens with one attached hydrogen (secondary N) is 1. The molecule has 0 bridgehead atoms. The molecule has 2 fully saturated rings. The van der Waals surface area contributed by atoms with Crippen molar-refractivity contribution >= 4 is 0 Å². The topological polar surface area (TPSA) is 12.0 Å². The molecule has 106 valence electrons. The second-order valence-electron chi connectivity index (χ2n) is 6.81. The van der Waals surface area contributed by atoms with E-state index in [0.29, 0.717) is 0 Å². The van der Waals surface area contributed by atoms with Crippen LogP contribution in [0.25, 0.3) is 0 Å². The molecule has 0 heterocycles. The Morgan fingerprint density at radius 2 is 1.61 bits per heavy atom. The van der Waals surface area contributed by atoms with Gasteiger partial charge in [-0.1, -0.05) is 51.9 Å². The zero-order chi connectivity index (χ0) is 12.8. The van der Waals surface area contributed by atoms with Crippen LogP contribution >= 0.6 is 0 Å². The summed E-state index contributed by atoms with van der Waals surface area (Å²) in [6.07, 6.45) is 16.3. The van der Waals surface area contributed by atoms with Gasteiger partial charge in [0.1, 0.15) is 0 Å². The molecule has 2 aliphatic rings. The molecule has 1 heteroatoms. The van der Waals surface area contributed by atoms with E-state index in [2.05, 4.69) is 19.3 Å². The summed E-state index contributed by atoms with van der Waals surface area (Å²) in [5.41, 5.74) is 0. The Labute approximate surface area is 114 Å². The minimum atomic E-state index is 0.809. The SMILES string of the molecule is CCC1CCC(C(CCC2CCCC2)NC)CC1. The number of hydrogen-bond donors (Lipinski definition) is 1. The van der Waals surface area contributed by atoms with Crippen LogP contribution in [0.1, 0.15) is 77.6 Å². The molecule has 0 spiro atoms. The van der Waals surface area contributed by atoms with Crippen LogP contribution in [0.5, 0.6) is 0 Å². The van der Waals surface area contributed by atoms with E-state index < -0.39 is 0 Å². The van der Waals surface area contributed by atoms with Crippen LogP contribution in [0.4, 0.5) is 0 Å². The largest absolute Gasteiger partial charge is 0.317 e. The summed E-state index contributed by atoms with van der Waals surface area (Å²) in [7, 11) is 2.19. The average Bonchev–Trinajstić information content (AvgIpc) is 2.93. The Morgan fingerprint density at radius 3 is 2.17 bits per heavy atom. The minimum Gasteiger partial charge on any atom is -0.317 e. The highest BCUT2D eigenvalue weighted by molar-refractivity contribution is 4.82. The molecular weight excluding hydrogens is 218 g/mol. The third kappa shape index (κ3) is 3.98. The molecule has 2 rings (SSSR count). The van der Waals surface area contributed by atoms with Crippen LogP contribution in [0.2, 0.25) is 0 Å². The highest BCUT2D eigenvalue weighted by Gasteiger charge is 2.26. The highest BCUT2D eigenvalue weighted by Crippen LogP contribution is 2.35. The standard InChI is InChI=1S/C17H33N/c1-3-14-8-11-16(12-9-14)17(18-2)13-10-15-6-4-5-7-15/h14-18H,3-13H2,1-2H3. The van der Waals surface area contributed by atoms with Gasteiger partial charge in [0.2, 0.25) is 0 Å². The lowest BCUT2D eigenvalue weighted by Gasteiger charge is -2.34. The van der Waals surface area contributed by atoms with Crippen LogP contribution < -0.4 is 5.32 Å². The van der Waals surface area contributed by atoms with E-state index in [0.717, 1.165) is 23.8 Å². The highest BCUT2D eigenvalue weighted by atomic mass is 14.9. The predicted molar refractivity (Wildman–Crippen MR) is 79.8 cm³/mol. The van der Waals surface area contributed by atoms with Crippen molar-refractivity contribution in [2.45, 2.75) is 83.6 Å². The third-order valence-electron chi connectivity index (χ3n) is 5.77. The van der Waals surface area contributed by atoms with Gasteiger partial charge in [-0.15, -0.1) is 0 Å². The lowest BCUT2D eigenvalue weighted by atomic mass is 9.76. The van der Waals surface area contributed by atoms with E-state index in [-0.39, 0.29) is 0 Å². The monoisotopic (exact) mass is 251 g/mol. The van der Waals surface area contributed by atoms with Gasteiger partial charge in [-0.25, -0.2) is 0 Å². The van der Waals surface area contributed by atoms with Crippen molar-refractivity contribution in [3.8, 4) is 0 Å². The normalized spacial score (nSPS) is 31.7. The van der Waals surface area contributed by atoms with Gasteiger partial charge in [-0.3, -0.25) is 0 Å². The predicted octanol–water partition coefficient (Wildman–Crippen LogP) is 4.76. The van der Waals surface area contributed by atoms with Gasteiger partial charge < -0.3 is 5.32 Å². The van der Waals surface area contributed by atoms with Crippen molar-refractivity contribution in [2.24, 2.45) is 17.8 Å². The van der Waals surface area contributed by atoms with E-state index in [9.17, 15) is 0 Å². The second kappa shape index (κ2) is 7.53. The fourth-order valence-corrected chi connectivity index (χ4v) is 4.33. The molecule has 0 aliphatic heterocycles. The van der Waals surface area contributed by atoms with Crippen LogP contribution in [0, 0.1) is 17.8 Å². The first-order valence-corrected chi connectivity index (χ1v) is 8.50. The van der Waals surface area contributed by atoms with Crippen molar-refractivity contribution in [3.63, 3.8) is 0 Å². The van der Waals surface area contributed by atoms with Crippen molar-refractivity contribution < 1.29 is 0 Å². The molecule has 18 heavy (non-hydrogen) atoms. The smallest absolute Gasteiger partial charge is 0.00924 e. The lowest BCUT2D eigenvalue weighted by Crippen LogP contribution is -2.36. The Bertz CT molecular complexity index is 212. The number of hydrogen-bond acceptors (Lipinski definition) is 1. The number of rotatable bonds is 6. The average molecular weight is 251 g/mol. The summed E-state index contributed by atoms with van der Waals surface area (Å²) >= 11 is 0. The van der Waals surface area contributed by atoms with Gasteiger partial charge in [0.15, 0.2) is 0 Å². The summed E-state index contributed by atoms with van der Waals surface area (Å²) in [5, 5.41) is 3.63. The molecule has 0 aromatic heterocycles. The zero-order valence-electron chi connectivity index (χ0n) is 12.6. The van der Waals surface area contributed by atoms with E-state index in [1.807, 2.05) is 0 Å². The molecule has 0 saturated heterocycles. The molecule has 0 radical (unpaired) electrons. The van der Waals surface area contributed by atoms with E-state index in [1.54, 1.807) is 0 Å². The fourth-order valence-electron chi connectivity index (χ4n) is 4.33. The molecule has 1 nitrogen and oxygen atoms in total. The summed E-state index contributed by atoms with van der Waals surface area (Å²) in [5.74, 6) is 3.07. The van der Waals surface area contributed by atoms with Crippen molar-refractivity contribution in [2.75, 3.05) is 7.05 Å². The van der Waals surface area contributed by atoms with Crippen LogP contribution in [-0.2, 0) is 0 Å². The first kappa shape index (κ1) is 14.4. The molecular formula is C17H33N. The van der Waals surface area contributed by atoms with Crippen LogP contribution in [0.15, 0.2) is 0 Å². The maximum atomic E-state index is 3.63. The first-order chi connectivity index (χ1) is 8.83. The van der Waals surface area contributed by atoms with Gasteiger partial charge in [0.25, 0.3) is 0 Å². The minimum absolute atomic E-state index is 0.809. The molecule has 0 amide bonds. The quantitative estimate of drug-likeness (QED) is 0.717. The maximum absolute atomic E-state index is 3.63. The Morgan fingerprint density at radius 1 is 0.944 bits per heavy atom. The van der Waals surface area contributed by atoms with E-state index in [1.165, 1.54) is 70.6 Å². The molecule has 1 N–H and O–H groups in total. The van der Waals surface area contributed by atoms with Gasteiger partial charge in [0, 0.05) is 6.04 Å². The summed E-state index contributed by atoms with van der Waals surface area (Å²) in [6.45, 7) is 2.36. The van der Waals surface area contributed by atoms with Crippen LogP contribution in [0.3, 0.4) is 0 Å². The summed E-state index contributed by atoms with van der Waals surface area (Å²) in [6, 6.07) is 0.809. The Hall–Kier alpha value is -0.0400. The molecule has 1 unspecified atom stereocenters. The fraction of sp³-hybridized carbons (Fsp3) is 1.00. The van der Waals surface area contributed by atoms with Crippen molar-refractivity contribution in [1.29, 1.82) is 0 Å². The Balaban J connectivity index is 1.70. The van der Waals surface area contributed by atoms with Gasteiger partial charge in [-0.05, 0) is 50.5 Å². The third-order valence-corrected chi connectivity index (χ3v) is 5.77. The maximum Gasteiger partial charge on any atom is 0.00924 e. The van der Waals surface area contributed by atoms with Gasteiger partial charge in [0.05, 0.1) is 0 Å². The molecule has 0 aromatic carbocycles. The molecule has 0 aromatic rings. The van der Waals surface area contributed by atoms with Crippen molar-refractivity contribution in [3.05, 3.63) is 0 Å². The van der Waals surface area contributed by atoms with E-state index >= 15 is 0 Å². The summed E-state index contributed by atoms with van der Waals surface area (Å²) in [4.78, 5) is 0. The van der Waals surface area contributed by atoms with Gasteiger partial charge in [-0.2, -0.15) is 0 Å². The van der Waals surface area contributed by atoms with Crippen molar-refractivity contribution in [1.82, 2.24) is 5.32 Å². The zero-order valence-corrected chi connectivity index (χ0v) is 12.6. The summed E-state index contributed by atoms with van der Waals surface area (Å²) < 4.78 is 0. The molecule has 2 aliphatic carbocycles.